The number of hydrogen-bond donors (Lipinski definition) is 0. The highest BCUT2D eigenvalue weighted by Crippen LogP contribution is 2.32. The fraction of sp³-hybridized carbons (Fsp3) is 0.450. The van der Waals surface area contributed by atoms with Crippen LogP contribution in [0.1, 0.15) is 34.2 Å². The number of methoxy groups -OCH3 is 1. The second kappa shape index (κ2) is 6.81. The molecule has 1 atom stereocenters. The maximum Gasteiger partial charge on any atom is 0.183 e. The van der Waals surface area contributed by atoms with Crippen LogP contribution in [0.15, 0.2) is 30.3 Å². The lowest BCUT2D eigenvalue weighted by atomic mass is 10.1. The summed E-state index contributed by atoms with van der Waals surface area (Å²) < 4.78 is 7.34. The summed E-state index contributed by atoms with van der Waals surface area (Å²) in [6.45, 7) is 8.14. The number of carbonyl (C=O) groups excluding carboxylic acids is 1. The SMILES string of the molecule is COCCn1c(C)cc(C(=O)CN2c3ccccc3CC2C)c1C. The number of ketones is 1. The van der Waals surface area contributed by atoms with Gasteiger partial charge in [0.2, 0.25) is 0 Å². The van der Waals surface area contributed by atoms with Gasteiger partial charge in [-0.05, 0) is 44.9 Å². The zero-order valence-electron chi connectivity index (χ0n) is 15.0. The number of ether oxygens (including phenoxy) is 1. The molecule has 128 valence electrons. The zero-order chi connectivity index (χ0) is 17.3. The molecule has 1 unspecified atom stereocenters. The average molecular weight is 326 g/mol. The lowest BCUT2D eigenvalue weighted by Crippen LogP contribution is -2.34. The molecule has 1 aromatic heterocycles. The highest BCUT2D eigenvalue weighted by atomic mass is 16.5. The Labute approximate surface area is 144 Å². The van der Waals surface area contributed by atoms with Crippen LogP contribution in [0.25, 0.3) is 0 Å². The van der Waals surface area contributed by atoms with Crippen LogP contribution >= 0.6 is 0 Å². The molecule has 4 nitrogen and oxygen atoms in total. The predicted molar refractivity (Wildman–Crippen MR) is 97.1 cm³/mol. The first kappa shape index (κ1) is 16.8. The summed E-state index contributed by atoms with van der Waals surface area (Å²) in [5, 5.41) is 0. The molecular formula is C20H26N2O2. The predicted octanol–water partition coefficient (Wildman–Crippen LogP) is 3.39. The number of Topliss-reactive ketones (excluding diaryl/α,β-unsaturated/α-hetero) is 1. The Morgan fingerprint density at radius 3 is 2.79 bits per heavy atom. The Kier molecular flexibility index (Phi) is 4.76. The van der Waals surface area contributed by atoms with Crippen LogP contribution < -0.4 is 4.90 Å². The van der Waals surface area contributed by atoms with Gasteiger partial charge >= 0.3 is 0 Å². The zero-order valence-corrected chi connectivity index (χ0v) is 15.0. The van der Waals surface area contributed by atoms with Crippen molar-refractivity contribution in [2.75, 3.05) is 25.2 Å². The van der Waals surface area contributed by atoms with E-state index in [1.54, 1.807) is 7.11 Å². The topological polar surface area (TPSA) is 34.5 Å². The number of nitrogens with zero attached hydrogens (tertiary/aromatic N) is 2. The molecule has 0 aliphatic carbocycles. The molecule has 1 aliphatic heterocycles. The van der Waals surface area contributed by atoms with Crippen LogP contribution in [0, 0.1) is 13.8 Å². The quantitative estimate of drug-likeness (QED) is 0.763. The van der Waals surface area contributed by atoms with E-state index in [0.717, 1.165) is 29.9 Å². The van der Waals surface area contributed by atoms with Gasteiger partial charge in [-0.3, -0.25) is 4.79 Å². The number of para-hydroxylation sites is 1. The molecule has 0 saturated carbocycles. The minimum Gasteiger partial charge on any atom is -0.383 e. The molecule has 1 aliphatic rings. The van der Waals surface area contributed by atoms with Gasteiger partial charge in [-0.1, -0.05) is 18.2 Å². The lowest BCUT2D eigenvalue weighted by molar-refractivity contribution is 0.0996. The second-order valence-corrected chi connectivity index (χ2v) is 6.66. The van der Waals surface area contributed by atoms with Crippen LogP contribution in [0.2, 0.25) is 0 Å². The van der Waals surface area contributed by atoms with Gasteiger partial charge in [0.1, 0.15) is 0 Å². The van der Waals surface area contributed by atoms with Gasteiger partial charge in [-0.2, -0.15) is 0 Å². The van der Waals surface area contributed by atoms with Crippen molar-refractivity contribution in [3.63, 3.8) is 0 Å². The van der Waals surface area contributed by atoms with Crippen molar-refractivity contribution >= 4 is 11.5 Å². The summed E-state index contributed by atoms with van der Waals surface area (Å²) in [6, 6.07) is 10.8. The summed E-state index contributed by atoms with van der Waals surface area (Å²) in [4.78, 5) is 15.2. The highest BCUT2D eigenvalue weighted by molar-refractivity contribution is 6.00. The smallest absolute Gasteiger partial charge is 0.183 e. The Hall–Kier alpha value is -2.07. The van der Waals surface area contributed by atoms with Crippen LogP contribution in [-0.2, 0) is 17.7 Å². The second-order valence-electron chi connectivity index (χ2n) is 6.66. The fourth-order valence-electron chi connectivity index (χ4n) is 3.72. The van der Waals surface area contributed by atoms with Crippen molar-refractivity contribution in [2.24, 2.45) is 0 Å². The molecule has 2 aromatic rings. The highest BCUT2D eigenvalue weighted by Gasteiger charge is 2.28. The normalized spacial score (nSPS) is 16.5. The van der Waals surface area contributed by atoms with E-state index < -0.39 is 0 Å². The van der Waals surface area contributed by atoms with Gasteiger partial charge in [-0.25, -0.2) is 0 Å². The van der Waals surface area contributed by atoms with E-state index in [0.29, 0.717) is 19.2 Å². The number of benzene rings is 1. The lowest BCUT2D eigenvalue weighted by Gasteiger charge is -2.24. The third-order valence-electron chi connectivity index (χ3n) is 5.06. The van der Waals surface area contributed by atoms with Crippen molar-refractivity contribution in [3.8, 4) is 0 Å². The fourth-order valence-corrected chi connectivity index (χ4v) is 3.72. The minimum atomic E-state index is 0.190. The van der Waals surface area contributed by atoms with Gasteiger partial charge in [0.05, 0.1) is 13.2 Å². The monoisotopic (exact) mass is 326 g/mol. The Morgan fingerprint density at radius 2 is 2.04 bits per heavy atom. The third kappa shape index (κ3) is 2.98. The molecule has 24 heavy (non-hydrogen) atoms. The van der Waals surface area contributed by atoms with E-state index in [1.165, 1.54) is 11.3 Å². The first-order valence-electron chi connectivity index (χ1n) is 8.56. The molecule has 3 rings (SSSR count). The number of fused-ring (bicyclic) bond motifs is 1. The van der Waals surface area contributed by atoms with Gasteiger partial charge in [-0.15, -0.1) is 0 Å². The molecular weight excluding hydrogens is 300 g/mol. The molecule has 0 saturated heterocycles. The Morgan fingerprint density at radius 1 is 1.29 bits per heavy atom. The third-order valence-corrected chi connectivity index (χ3v) is 5.06. The molecule has 0 bridgehead atoms. The van der Waals surface area contributed by atoms with E-state index in [1.807, 2.05) is 26.0 Å². The maximum atomic E-state index is 12.9. The summed E-state index contributed by atoms with van der Waals surface area (Å²) >= 11 is 0. The number of aromatic nitrogens is 1. The maximum absolute atomic E-state index is 12.9. The number of aryl methyl sites for hydroxylation is 1. The van der Waals surface area contributed by atoms with E-state index in [9.17, 15) is 4.79 Å². The number of hydrogen-bond acceptors (Lipinski definition) is 3. The molecule has 1 aromatic carbocycles. The van der Waals surface area contributed by atoms with Gasteiger partial charge < -0.3 is 14.2 Å². The van der Waals surface area contributed by atoms with Crippen molar-refractivity contribution in [3.05, 3.63) is 52.8 Å². The van der Waals surface area contributed by atoms with Crippen LogP contribution in [0.5, 0.6) is 0 Å². The Balaban J connectivity index is 1.81. The largest absolute Gasteiger partial charge is 0.383 e. The molecule has 0 radical (unpaired) electrons. The van der Waals surface area contributed by atoms with Crippen molar-refractivity contribution in [2.45, 2.75) is 39.8 Å². The van der Waals surface area contributed by atoms with Gasteiger partial charge in [0.15, 0.2) is 5.78 Å². The molecule has 4 heteroatoms. The minimum absolute atomic E-state index is 0.190. The first-order chi connectivity index (χ1) is 11.5. The van der Waals surface area contributed by atoms with E-state index in [4.69, 9.17) is 4.74 Å². The molecule has 0 fully saturated rings. The standard InChI is InChI=1S/C20H26N2O2/c1-14-11-17-7-5-6-8-19(17)22(14)13-20(23)18-12-15(2)21(16(18)3)9-10-24-4/h5-8,12,14H,9-11,13H2,1-4H3. The van der Waals surface area contributed by atoms with Crippen molar-refractivity contribution < 1.29 is 9.53 Å². The van der Waals surface area contributed by atoms with Crippen molar-refractivity contribution in [1.82, 2.24) is 4.57 Å². The van der Waals surface area contributed by atoms with E-state index >= 15 is 0 Å². The molecule has 0 N–H and O–H groups in total. The van der Waals surface area contributed by atoms with Crippen molar-refractivity contribution in [1.29, 1.82) is 0 Å². The number of carbonyl (C=O) groups is 1. The Bertz CT molecular complexity index is 748. The number of rotatable bonds is 6. The van der Waals surface area contributed by atoms with E-state index in [-0.39, 0.29) is 5.78 Å². The van der Waals surface area contributed by atoms with Crippen LogP contribution in [0.4, 0.5) is 5.69 Å². The number of anilines is 1. The summed E-state index contributed by atoms with van der Waals surface area (Å²) in [7, 11) is 1.70. The van der Waals surface area contributed by atoms with Gasteiger partial charge in [0, 0.05) is 42.3 Å². The van der Waals surface area contributed by atoms with Crippen LogP contribution in [-0.4, -0.2) is 36.7 Å². The van der Waals surface area contributed by atoms with E-state index in [2.05, 4.69) is 34.6 Å². The molecule has 2 heterocycles. The average Bonchev–Trinajstić information content (AvgIpc) is 3.03. The summed E-state index contributed by atoms with van der Waals surface area (Å²) in [5.74, 6) is 0.190. The molecule has 0 spiro atoms. The summed E-state index contributed by atoms with van der Waals surface area (Å²) in [5.41, 5.74) is 5.52. The van der Waals surface area contributed by atoms with Crippen LogP contribution in [0.3, 0.4) is 0 Å². The summed E-state index contributed by atoms with van der Waals surface area (Å²) in [6.07, 6.45) is 1.01. The molecule has 0 amide bonds. The first-order valence-corrected chi connectivity index (χ1v) is 8.56. The van der Waals surface area contributed by atoms with Gasteiger partial charge in [0.25, 0.3) is 0 Å².